The number of carbonyl (C=O) groups is 1. The van der Waals surface area contributed by atoms with E-state index in [0.717, 1.165) is 3.57 Å². The molecule has 0 aliphatic carbocycles. The van der Waals surface area contributed by atoms with Crippen molar-refractivity contribution in [2.45, 2.75) is 0 Å². The van der Waals surface area contributed by atoms with E-state index in [9.17, 15) is 4.79 Å². The first-order valence-electron chi connectivity index (χ1n) is 4.22. The molecule has 0 unspecified atom stereocenters. The minimum Gasteiger partial charge on any atom is -0.363 e. The maximum Gasteiger partial charge on any atom is 0.255 e. The largest absolute Gasteiger partial charge is 0.363 e. The lowest BCUT2D eigenvalue weighted by atomic mass is 10.2. The van der Waals surface area contributed by atoms with Gasteiger partial charge in [0.2, 0.25) is 0 Å². The number of rotatable bonds is 2. The SMILES string of the molecule is O=C(Nc1cnoc1)c1cccc(I)c1. The van der Waals surface area contributed by atoms with Gasteiger partial charge in [-0.05, 0) is 40.8 Å². The first-order valence-corrected chi connectivity index (χ1v) is 5.30. The van der Waals surface area contributed by atoms with Crippen LogP contribution in [0.4, 0.5) is 5.69 Å². The lowest BCUT2D eigenvalue weighted by Crippen LogP contribution is -2.11. The standard InChI is InChI=1S/C10H7IN2O2/c11-8-3-1-2-7(4-8)10(14)13-9-5-12-15-6-9/h1-6H,(H,13,14). The van der Waals surface area contributed by atoms with E-state index >= 15 is 0 Å². The Balaban J connectivity index is 2.15. The van der Waals surface area contributed by atoms with Crippen molar-refractivity contribution in [3.05, 3.63) is 45.9 Å². The normalized spacial score (nSPS) is 9.93. The molecule has 0 saturated carbocycles. The highest BCUT2D eigenvalue weighted by Gasteiger charge is 2.06. The predicted molar refractivity (Wildman–Crippen MR) is 63.6 cm³/mol. The summed E-state index contributed by atoms with van der Waals surface area (Å²) >= 11 is 2.16. The van der Waals surface area contributed by atoms with Crippen LogP contribution in [0.25, 0.3) is 0 Å². The number of carbonyl (C=O) groups excluding carboxylic acids is 1. The molecule has 0 spiro atoms. The molecular weight excluding hydrogens is 307 g/mol. The molecule has 0 saturated heterocycles. The van der Waals surface area contributed by atoms with E-state index in [-0.39, 0.29) is 5.91 Å². The van der Waals surface area contributed by atoms with Crippen LogP contribution in [0.2, 0.25) is 0 Å². The van der Waals surface area contributed by atoms with Gasteiger partial charge in [-0.2, -0.15) is 0 Å². The second kappa shape index (κ2) is 4.43. The average molecular weight is 314 g/mol. The molecule has 2 aromatic rings. The summed E-state index contributed by atoms with van der Waals surface area (Å²) in [4.78, 5) is 11.7. The molecule has 0 bridgehead atoms. The van der Waals surface area contributed by atoms with E-state index in [2.05, 4.69) is 37.6 Å². The Morgan fingerprint density at radius 1 is 1.47 bits per heavy atom. The van der Waals surface area contributed by atoms with E-state index in [0.29, 0.717) is 11.3 Å². The van der Waals surface area contributed by atoms with Crippen LogP contribution >= 0.6 is 22.6 Å². The summed E-state index contributed by atoms with van der Waals surface area (Å²) in [7, 11) is 0. The van der Waals surface area contributed by atoms with Crippen molar-refractivity contribution in [1.29, 1.82) is 0 Å². The van der Waals surface area contributed by atoms with Gasteiger partial charge in [0.15, 0.2) is 0 Å². The van der Waals surface area contributed by atoms with Gasteiger partial charge in [-0.1, -0.05) is 11.2 Å². The van der Waals surface area contributed by atoms with Crippen LogP contribution in [0.5, 0.6) is 0 Å². The van der Waals surface area contributed by atoms with E-state index in [1.165, 1.54) is 12.5 Å². The lowest BCUT2D eigenvalue weighted by Gasteiger charge is -2.01. The van der Waals surface area contributed by atoms with E-state index in [4.69, 9.17) is 0 Å². The van der Waals surface area contributed by atoms with E-state index < -0.39 is 0 Å². The molecule has 0 atom stereocenters. The van der Waals surface area contributed by atoms with Gasteiger partial charge in [0.25, 0.3) is 5.91 Å². The maximum absolute atomic E-state index is 11.7. The zero-order valence-electron chi connectivity index (χ0n) is 7.61. The van der Waals surface area contributed by atoms with Crippen molar-refractivity contribution in [3.63, 3.8) is 0 Å². The summed E-state index contributed by atoms with van der Waals surface area (Å²) in [5, 5.41) is 6.16. The van der Waals surface area contributed by atoms with Gasteiger partial charge in [-0.15, -0.1) is 0 Å². The number of nitrogens with one attached hydrogen (secondary N) is 1. The molecule has 1 N–H and O–H groups in total. The number of halogens is 1. The summed E-state index contributed by atoms with van der Waals surface area (Å²) < 4.78 is 5.63. The lowest BCUT2D eigenvalue weighted by molar-refractivity contribution is 0.102. The molecule has 5 heteroatoms. The average Bonchev–Trinajstić information content (AvgIpc) is 2.70. The molecule has 0 aliphatic rings. The summed E-state index contributed by atoms with van der Waals surface area (Å²) in [6, 6.07) is 7.33. The van der Waals surface area contributed by atoms with E-state index in [1.54, 1.807) is 6.07 Å². The molecule has 1 aromatic carbocycles. The van der Waals surface area contributed by atoms with Crippen molar-refractivity contribution < 1.29 is 9.32 Å². The molecule has 2 rings (SSSR count). The van der Waals surface area contributed by atoms with Crippen molar-refractivity contribution in [2.75, 3.05) is 5.32 Å². The fourth-order valence-corrected chi connectivity index (χ4v) is 1.64. The number of hydrogen-bond acceptors (Lipinski definition) is 3. The Hall–Kier alpha value is -1.37. The quantitative estimate of drug-likeness (QED) is 0.867. The summed E-state index contributed by atoms with van der Waals surface area (Å²) in [5.41, 5.74) is 1.17. The summed E-state index contributed by atoms with van der Waals surface area (Å²) in [5.74, 6) is -0.170. The van der Waals surface area contributed by atoms with Crippen LogP contribution in [0.1, 0.15) is 10.4 Å². The second-order valence-corrected chi connectivity index (χ2v) is 4.12. The highest BCUT2D eigenvalue weighted by atomic mass is 127. The van der Waals surface area contributed by atoms with Crippen molar-refractivity contribution in [2.24, 2.45) is 0 Å². The third kappa shape index (κ3) is 2.56. The maximum atomic E-state index is 11.7. The number of hydrogen-bond donors (Lipinski definition) is 1. The Kier molecular flexibility index (Phi) is 3.00. The van der Waals surface area contributed by atoms with Gasteiger partial charge in [0, 0.05) is 9.13 Å². The fourth-order valence-electron chi connectivity index (χ4n) is 1.10. The zero-order chi connectivity index (χ0) is 10.7. The predicted octanol–water partition coefficient (Wildman–Crippen LogP) is 2.53. The topological polar surface area (TPSA) is 55.1 Å². The van der Waals surface area contributed by atoms with Crippen LogP contribution in [0.15, 0.2) is 41.2 Å². The smallest absolute Gasteiger partial charge is 0.255 e. The molecule has 15 heavy (non-hydrogen) atoms. The first kappa shape index (κ1) is 10.2. The number of anilines is 1. The third-order valence-electron chi connectivity index (χ3n) is 1.78. The Bertz CT molecular complexity index is 468. The highest BCUT2D eigenvalue weighted by Crippen LogP contribution is 2.11. The molecule has 76 valence electrons. The summed E-state index contributed by atoms with van der Waals surface area (Å²) in [6.07, 6.45) is 2.83. The third-order valence-corrected chi connectivity index (χ3v) is 2.45. The Labute approximate surface area is 99.8 Å². The van der Waals surface area contributed by atoms with Gasteiger partial charge >= 0.3 is 0 Å². The number of benzene rings is 1. The molecule has 4 nitrogen and oxygen atoms in total. The van der Waals surface area contributed by atoms with Crippen LogP contribution in [0.3, 0.4) is 0 Å². The molecular formula is C10H7IN2O2. The highest BCUT2D eigenvalue weighted by molar-refractivity contribution is 14.1. The monoisotopic (exact) mass is 314 g/mol. The number of amides is 1. The molecule has 1 aromatic heterocycles. The Morgan fingerprint density at radius 2 is 2.33 bits per heavy atom. The Morgan fingerprint density at radius 3 is 3.00 bits per heavy atom. The second-order valence-electron chi connectivity index (χ2n) is 2.88. The molecule has 0 aliphatic heterocycles. The van der Waals surface area contributed by atoms with Gasteiger partial charge in [-0.25, -0.2) is 0 Å². The molecule has 0 radical (unpaired) electrons. The van der Waals surface area contributed by atoms with Crippen molar-refractivity contribution in [1.82, 2.24) is 5.16 Å². The van der Waals surface area contributed by atoms with Gasteiger partial charge in [0.05, 0.1) is 6.20 Å². The number of nitrogens with zero attached hydrogens (tertiary/aromatic N) is 1. The molecule has 1 amide bonds. The summed E-state index contributed by atoms with van der Waals surface area (Å²) in [6.45, 7) is 0. The minimum absolute atomic E-state index is 0.170. The fraction of sp³-hybridized carbons (Fsp3) is 0. The molecule has 0 fully saturated rings. The van der Waals surface area contributed by atoms with Crippen LogP contribution in [0, 0.1) is 3.57 Å². The minimum atomic E-state index is -0.170. The first-order chi connectivity index (χ1) is 7.25. The van der Waals surface area contributed by atoms with Crippen LogP contribution in [-0.2, 0) is 0 Å². The molecule has 1 heterocycles. The van der Waals surface area contributed by atoms with Crippen molar-refractivity contribution in [3.8, 4) is 0 Å². The van der Waals surface area contributed by atoms with Crippen LogP contribution < -0.4 is 5.32 Å². The van der Waals surface area contributed by atoms with Crippen LogP contribution in [-0.4, -0.2) is 11.1 Å². The number of aromatic nitrogens is 1. The van der Waals surface area contributed by atoms with Gasteiger partial charge in [0.1, 0.15) is 12.0 Å². The van der Waals surface area contributed by atoms with Crippen molar-refractivity contribution >= 4 is 34.2 Å². The van der Waals surface area contributed by atoms with E-state index in [1.807, 2.05) is 18.2 Å². The van der Waals surface area contributed by atoms with Gasteiger partial charge < -0.3 is 9.84 Å². The van der Waals surface area contributed by atoms with Gasteiger partial charge in [-0.3, -0.25) is 4.79 Å². The zero-order valence-corrected chi connectivity index (χ0v) is 9.76.